The maximum atomic E-state index is 12.5. The molecule has 6 heteroatoms. The molecule has 2 atom stereocenters. The molecule has 0 radical (unpaired) electrons. The van der Waals surface area contributed by atoms with Crippen LogP contribution in [0.1, 0.15) is 30.4 Å². The quantitative estimate of drug-likeness (QED) is 0.652. The molecule has 124 valence electrons. The Morgan fingerprint density at radius 1 is 1.33 bits per heavy atom. The molecule has 6 nitrogen and oxygen atoms in total. The maximum Gasteiger partial charge on any atom is 0.311 e. The predicted octanol–water partition coefficient (Wildman–Crippen LogP) is 3.11. The summed E-state index contributed by atoms with van der Waals surface area (Å²) in [5.74, 6) is -0.242. The third-order valence-corrected chi connectivity index (χ3v) is 4.65. The number of nitro groups is 1. The average Bonchev–Trinajstić information content (AvgIpc) is 3.27. The molecule has 1 amide bonds. The molecule has 0 unspecified atom stereocenters. The highest BCUT2D eigenvalue weighted by molar-refractivity contribution is 5.87. The standard InChI is InChI=1S/C18H18N2O4/c1-18(10-14(18)13-5-3-2-4-6-13)17(22)19-11-12-7-8-16(21)15(9-12)20(23)24/h2-9,14,21H,10-11H2,1H3,(H,19,22)/t14-,18+/m1/s1. The third kappa shape index (κ3) is 2.95. The fourth-order valence-corrected chi connectivity index (χ4v) is 3.00. The van der Waals surface area contributed by atoms with Crippen molar-refractivity contribution in [3.63, 3.8) is 0 Å². The molecule has 2 aromatic rings. The first-order valence-corrected chi connectivity index (χ1v) is 7.71. The van der Waals surface area contributed by atoms with Crippen LogP contribution in [0.15, 0.2) is 48.5 Å². The summed E-state index contributed by atoms with van der Waals surface area (Å²) in [5.41, 5.74) is 0.926. The topological polar surface area (TPSA) is 92.5 Å². The summed E-state index contributed by atoms with van der Waals surface area (Å²) in [4.78, 5) is 22.7. The summed E-state index contributed by atoms with van der Waals surface area (Å²) in [5, 5.41) is 23.1. The van der Waals surface area contributed by atoms with Gasteiger partial charge in [-0.25, -0.2) is 0 Å². The minimum Gasteiger partial charge on any atom is -0.502 e. The fraction of sp³-hybridized carbons (Fsp3) is 0.278. The number of phenols is 1. The lowest BCUT2D eigenvalue weighted by Gasteiger charge is -2.12. The number of amides is 1. The Morgan fingerprint density at radius 3 is 2.71 bits per heavy atom. The van der Waals surface area contributed by atoms with Crippen molar-refractivity contribution < 1.29 is 14.8 Å². The monoisotopic (exact) mass is 326 g/mol. The number of nitrogens with one attached hydrogen (secondary N) is 1. The van der Waals surface area contributed by atoms with Crippen LogP contribution in [0.2, 0.25) is 0 Å². The molecule has 0 heterocycles. The normalized spacial score (nSPS) is 22.0. The molecule has 24 heavy (non-hydrogen) atoms. The molecule has 0 aliphatic heterocycles. The van der Waals surface area contributed by atoms with Crippen molar-refractivity contribution in [1.29, 1.82) is 0 Å². The van der Waals surface area contributed by atoms with Crippen LogP contribution in [-0.2, 0) is 11.3 Å². The second kappa shape index (κ2) is 5.96. The molecule has 1 aliphatic rings. The van der Waals surface area contributed by atoms with Crippen molar-refractivity contribution in [2.45, 2.75) is 25.8 Å². The van der Waals surface area contributed by atoms with E-state index >= 15 is 0 Å². The Bertz CT molecular complexity index is 791. The number of hydrogen-bond donors (Lipinski definition) is 2. The number of aromatic hydroxyl groups is 1. The van der Waals surface area contributed by atoms with E-state index in [1.165, 1.54) is 12.1 Å². The van der Waals surface area contributed by atoms with Crippen LogP contribution in [0.5, 0.6) is 5.75 Å². The van der Waals surface area contributed by atoms with Gasteiger partial charge in [0.25, 0.3) is 0 Å². The minimum absolute atomic E-state index is 0.0629. The molecule has 0 aromatic heterocycles. The first-order chi connectivity index (χ1) is 11.4. The lowest BCUT2D eigenvalue weighted by molar-refractivity contribution is -0.385. The van der Waals surface area contributed by atoms with E-state index in [0.717, 1.165) is 12.0 Å². The SMILES string of the molecule is C[C@]1(C(=O)NCc2ccc(O)c([N+](=O)[O-])c2)C[C@@H]1c1ccccc1. The van der Waals surface area contributed by atoms with E-state index in [2.05, 4.69) is 5.32 Å². The van der Waals surface area contributed by atoms with Crippen molar-refractivity contribution in [1.82, 2.24) is 5.32 Å². The van der Waals surface area contributed by atoms with Crippen molar-refractivity contribution in [2.24, 2.45) is 5.41 Å². The first kappa shape index (κ1) is 16.0. The van der Waals surface area contributed by atoms with E-state index in [4.69, 9.17) is 0 Å². The molecular weight excluding hydrogens is 308 g/mol. The number of nitro benzene ring substituents is 1. The van der Waals surface area contributed by atoms with Gasteiger partial charge < -0.3 is 10.4 Å². The van der Waals surface area contributed by atoms with Gasteiger partial charge in [-0.3, -0.25) is 14.9 Å². The average molecular weight is 326 g/mol. The van der Waals surface area contributed by atoms with E-state index in [1.54, 1.807) is 6.07 Å². The summed E-state index contributed by atoms with van der Waals surface area (Å²) in [6.07, 6.45) is 0.790. The van der Waals surface area contributed by atoms with Crippen LogP contribution in [-0.4, -0.2) is 15.9 Å². The van der Waals surface area contributed by atoms with Gasteiger partial charge >= 0.3 is 5.69 Å². The van der Waals surface area contributed by atoms with Crippen molar-refractivity contribution in [2.75, 3.05) is 0 Å². The van der Waals surface area contributed by atoms with Crippen molar-refractivity contribution >= 4 is 11.6 Å². The fourth-order valence-electron chi connectivity index (χ4n) is 3.00. The van der Waals surface area contributed by atoms with Crippen LogP contribution in [0, 0.1) is 15.5 Å². The van der Waals surface area contributed by atoms with E-state index in [1.807, 2.05) is 37.3 Å². The van der Waals surface area contributed by atoms with Gasteiger partial charge in [-0.05, 0) is 29.5 Å². The summed E-state index contributed by atoms with van der Waals surface area (Å²) in [6.45, 7) is 2.12. The van der Waals surface area contributed by atoms with Gasteiger partial charge in [-0.15, -0.1) is 0 Å². The number of phenolic OH excluding ortho intramolecular Hbond substituents is 1. The first-order valence-electron chi connectivity index (χ1n) is 7.71. The smallest absolute Gasteiger partial charge is 0.311 e. The molecule has 0 saturated heterocycles. The third-order valence-electron chi connectivity index (χ3n) is 4.65. The number of carbonyl (C=O) groups excluding carboxylic acids is 1. The lowest BCUT2D eigenvalue weighted by Crippen LogP contribution is -2.30. The second-order valence-corrected chi connectivity index (χ2v) is 6.35. The van der Waals surface area contributed by atoms with E-state index < -0.39 is 10.3 Å². The van der Waals surface area contributed by atoms with Gasteiger partial charge in [-0.1, -0.05) is 43.3 Å². The molecule has 3 rings (SSSR count). The van der Waals surface area contributed by atoms with Crippen molar-refractivity contribution in [3.05, 3.63) is 69.8 Å². The molecule has 1 saturated carbocycles. The Kier molecular flexibility index (Phi) is 3.97. The lowest BCUT2D eigenvalue weighted by atomic mass is 10.00. The Morgan fingerprint density at radius 2 is 2.04 bits per heavy atom. The molecule has 1 fully saturated rings. The predicted molar refractivity (Wildman–Crippen MR) is 88.5 cm³/mol. The van der Waals surface area contributed by atoms with Gasteiger partial charge in [0, 0.05) is 12.6 Å². The summed E-state index contributed by atoms with van der Waals surface area (Å²) < 4.78 is 0. The van der Waals surface area contributed by atoms with Gasteiger partial charge in [0.05, 0.1) is 10.3 Å². The van der Waals surface area contributed by atoms with Gasteiger partial charge in [0.2, 0.25) is 5.91 Å². The Labute approximate surface area is 139 Å². The van der Waals surface area contributed by atoms with Gasteiger partial charge in [0.15, 0.2) is 5.75 Å². The minimum atomic E-state index is -0.645. The van der Waals surface area contributed by atoms with Crippen LogP contribution >= 0.6 is 0 Å². The zero-order valence-corrected chi connectivity index (χ0v) is 13.2. The highest BCUT2D eigenvalue weighted by atomic mass is 16.6. The van der Waals surface area contributed by atoms with E-state index in [-0.39, 0.29) is 29.8 Å². The Balaban J connectivity index is 1.65. The summed E-state index contributed by atoms with van der Waals surface area (Å²) >= 11 is 0. The van der Waals surface area contributed by atoms with Gasteiger partial charge in [-0.2, -0.15) is 0 Å². The molecule has 2 N–H and O–H groups in total. The number of rotatable bonds is 5. The van der Waals surface area contributed by atoms with Crippen molar-refractivity contribution in [3.8, 4) is 5.75 Å². The summed E-state index contributed by atoms with van der Waals surface area (Å²) in [7, 11) is 0. The molecule has 0 bridgehead atoms. The molecular formula is C18H18N2O4. The van der Waals surface area contributed by atoms with Crippen LogP contribution in [0.25, 0.3) is 0 Å². The Hall–Kier alpha value is -2.89. The van der Waals surface area contributed by atoms with Gasteiger partial charge in [0.1, 0.15) is 0 Å². The second-order valence-electron chi connectivity index (χ2n) is 6.35. The number of carbonyl (C=O) groups is 1. The number of hydrogen-bond acceptors (Lipinski definition) is 4. The molecule has 0 spiro atoms. The van der Waals surface area contributed by atoms with Crippen LogP contribution in [0.3, 0.4) is 0 Å². The highest BCUT2D eigenvalue weighted by Crippen LogP contribution is 2.59. The summed E-state index contributed by atoms with van der Waals surface area (Å²) in [6, 6.07) is 14.0. The molecule has 1 aliphatic carbocycles. The largest absolute Gasteiger partial charge is 0.502 e. The highest BCUT2D eigenvalue weighted by Gasteiger charge is 2.56. The van der Waals surface area contributed by atoms with E-state index in [9.17, 15) is 20.0 Å². The zero-order chi connectivity index (χ0) is 17.3. The maximum absolute atomic E-state index is 12.5. The number of benzene rings is 2. The molecule has 2 aromatic carbocycles. The van der Waals surface area contributed by atoms with E-state index in [0.29, 0.717) is 5.56 Å². The zero-order valence-electron chi connectivity index (χ0n) is 13.2. The van der Waals surface area contributed by atoms with Crippen LogP contribution < -0.4 is 5.32 Å². The number of nitrogens with zero attached hydrogens (tertiary/aromatic N) is 1. The van der Waals surface area contributed by atoms with Crippen LogP contribution in [0.4, 0.5) is 5.69 Å².